The van der Waals surface area contributed by atoms with Crippen molar-refractivity contribution in [3.63, 3.8) is 0 Å². The Morgan fingerprint density at radius 2 is 1.65 bits per heavy atom. The Balaban J connectivity index is 1.34. The molecule has 1 amide bonds. The summed E-state index contributed by atoms with van der Waals surface area (Å²) < 4.78 is 0. The van der Waals surface area contributed by atoms with E-state index in [1.807, 2.05) is 18.5 Å². The zero-order chi connectivity index (χ0) is 15.6. The molecular formula is C20H22N2O. The highest BCUT2D eigenvalue weighted by Gasteiger charge is 2.46. The highest BCUT2D eigenvalue weighted by molar-refractivity contribution is 5.83. The second-order valence-corrected chi connectivity index (χ2v) is 6.74. The van der Waals surface area contributed by atoms with Crippen LogP contribution in [0.25, 0.3) is 0 Å². The van der Waals surface area contributed by atoms with Crippen molar-refractivity contribution in [1.29, 1.82) is 0 Å². The number of piperidine rings is 1. The molecule has 1 aliphatic heterocycles. The van der Waals surface area contributed by atoms with Crippen molar-refractivity contribution in [2.45, 2.75) is 31.1 Å². The number of pyridine rings is 1. The van der Waals surface area contributed by atoms with E-state index in [1.165, 1.54) is 11.1 Å². The largest absolute Gasteiger partial charge is 0.342 e. The zero-order valence-corrected chi connectivity index (χ0v) is 13.3. The van der Waals surface area contributed by atoms with Crippen LogP contribution in [0, 0.1) is 5.92 Å². The van der Waals surface area contributed by atoms with E-state index in [2.05, 4.69) is 46.3 Å². The minimum absolute atomic E-state index is 0.217. The number of hydrogen-bond acceptors (Lipinski definition) is 2. The van der Waals surface area contributed by atoms with Gasteiger partial charge in [-0.1, -0.05) is 30.3 Å². The lowest BCUT2D eigenvalue weighted by atomic mass is 9.90. The van der Waals surface area contributed by atoms with E-state index in [4.69, 9.17) is 0 Å². The third kappa shape index (κ3) is 3.00. The van der Waals surface area contributed by atoms with Crippen LogP contribution in [-0.2, 0) is 4.79 Å². The monoisotopic (exact) mass is 306 g/mol. The minimum Gasteiger partial charge on any atom is -0.342 e. The molecule has 23 heavy (non-hydrogen) atoms. The van der Waals surface area contributed by atoms with Crippen molar-refractivity contribution < 1.29 is 4.79 Å². The first-order chi connectivity index (χ1) is 11.3. The normalized spacial score (nSPS) is 24.4. The summed E-state index contributed by atoms with van der Waals surface area (Å²) in [6.07, 6.45) is 6.88. The Hall–Kier alpha value is -2.16. The molecule has 0 unspecified atom stereocenters. The summed E-state index contributed by atoms with van der Waals surface area (Å²) in [5, 5.41) is 0. The number of benzene rings is 1. The SMILES string of the molecule is O=C([C@@H]1C[C@H]1c1ccccc1)N1CCC(c2ccncc2)CC1. The van der Waals surface area contributed by atoms with Gasteiger partial charge in [-0.3, -0.25) is 9.78 Å². The maximum absolute atomic E-state index is 12.7. The summed E-state index contributed by atoms with van der Waals surface area (Å²) in [6, 6.07) is 14.7. The molecule has 2 fully saturated rings. The number of carbonyl (C=O) groups excluding carboxylic acids is 1. The van der Waals surface area contributed by atoms with Gasteiger partial charge >= 0.3 is 0 Å². The van der Waals surface area contributed by atoms with E-state index in [-0.39, 0.29) is 5.92 Å². The number of carbonyl (C=O) groups is 1. The van der Waals surface area contributed by atoms with Gasteiger partial charge < -0.3 is 4.90 Å². The van der Waals surface area contributed by atoms with Crippen LogP contribution in [0.5, 0.6) is 0 Å². The molecule has 4 rings (SSSR count). The highest BCUT2D eigenvalue weighted by Crippen LogP contribution is 2.48. The van der Waals surface area contributed by atoms with Crippen LogP contribution >= 0.6 is 0 Å². The number of rotatable bonds is 3. The van der Waals surface area contributed by atoms with Crippen LogP contribution in [0.3, 0.4) is 0 Å². The van der Waals surface area contributed by atoms with E-state index < -0.39 is 0 Å². The second-order valence-electron chi connectivity index (χ2n) is 6.74. The smallest absolute Gasteiger partial charge is 0.226 e. The molecule has 1 saturated heterocycles. The van der Waals surface area contributed by atoms with E-state index in [0.29, 0.717) is 17.7 Å². The molecule has 1 aromatic carbocycles. The first kappa shape index (κ1) is 14.4. The molecule has 3 heteroatoms. The predicted octanol–water partition coefficient (Wildman–Crippen LogP) is 3.59. The van der Waals surface area contributed by atoms with Crippen LogP contribution < -0.4 is 0 Å². The maximum atomic E-state index is 12.7. The van der Waals surface area contributed by atoms with Gasteiger partial charge in [0.2, 0.25) is 5.91 Å². The summed E-state index contributed by atoms with van der Waals surface area (Å²) in [5.74, 6) is 1.61. The molecule has 2 heterocycles. The van der Waals surface area contributed by atoms with E-state index in [0.717, 1.165) is 32.4 Å². The molecule has 0 spiro atoms. The number of nitrogens with zero attached hydrogens (tertiary/aromatic N) is 2. The summed E-state index contributed by atoms with van der Waals surface area (Å²) in [7, 11) is 0. The first-order valence-corrected chi connectivity index (χ1v) is 8.56. The molecular weight excluding hydrogens is 284 g/mol. The lowest BCUT2D eigenvalue weighted by Gasteiger charge is -2.32. The predicted molar refractivity (Wildman–Crippen MR) is 90.1 cm³/mol. The molecule has 3 nitrogen and oxygen atoms in total. The third-order valence-electron chi connectivity index (χ3n) is 5.32. The maximum Gasteiger partial charge on any atom is 0.226 e. The molecule has 1 aromatic heterocycles. The fourth-order valence-electron chi connectivity index (χ4n) is 3.84. The number of likely N-dealkylation sites (tertiary alicyclic amines) is 1. The fourth-order valence-corrected chi connectivity index (χ4v) is 3.84. The fraction of sp³-hybridized carbons (Fsp3) is 0.400. The van der Waals surface area contributed by atoms with E-state index in [1.54, 1.807) is 0 Å². The van der Waals surface area contributed by atoms with Crippen LogP contribution in [0.15, 0.2) is 54.9 Å². The molecule has 1 saturated carbocycles. The lowest BCUT2D eigenvalue weighted by Crippen LogP contribution is -2.39. The first-order valence-electron chi connectivity index (χ1n) is 8.56. The van der Waals surface area contributed by atoms with Gasteiger partial charge in [-0.05, 0) is 54.4 Å². The molecule has 0 radical (unpaired) electrons. The Morgan fingerprint density at radius 1 is 0.957 bits per heavy atom. The van der Waals surface area contributed by atoms with Gasteiger partial charge in [0.25, 0.3) is 0 Å². The van der Waals surface area contributed by atoms with Gasteiger partial charge in [-0.25, -0.2) is 0 Å². The molecule has 1 aliphatic carbocycles. The van der Waals surface area contributed by atoms with Crippen molar-refractivity contribution in [3.05, 3.63) is 66.0 Å². The molecule has 118 valence electrons. The van der Waals surface area contributed by atoms with E-state index >= 15 is 0 Å². The molecule has 0 bridgehead atoms. The summed E-state index contributed by atoms with van der Waals surface area (Å²) >= 11 is 0. The van der Waals surface area contributed by atoms with Crippen LogP contribution in [0.1, 0.15) is 42.2 Å². The van der Waals surface area contributed by atoms with Crippen molar-refractivity contribution >= 4 is 5.91 Å². The third-order valence-corrected chi connectivity index (χ3v) is 5.32. The standard InChI is InChI=1S/C20H22N2O/c23-20(19-14-18(19)17-4-2-1-3-5-17)22-12-8-16(9-13-22)15-6-10-21-11-7-15/h1-7,10-11,16,18-19H,8-9,12-14H2/t18-,19+/m0/s1. The van der Waals surface area contributed by atoms with Crippen LogP contribution in [0.2, 0.25) is 0 Å². The number of aromatic nitrogens is 1. The van der Waals surface area contributed by atoms with Gasteiger partial charge in [0.1, 0.15) is 0 Å². The molecule has 0 N–H and O–H groups in total. The van der Waals surface area contributed by atoms with Gasteiger partial charge in [0.05, 0.1) is 0 Å². The van der Waals surface area contributed by atoms with Crippen molar-refractivity contribution in [2.24, 2.45) is 5.92 Å². The topological polar surface area (TPSA) is 33.2 Å². The van der Waals surface area contributed by atoms with Gasteiger partial charge in [0, 0.05) is 31.4 Å². The molecule has 2 aromatic rings. The van der Waals surface area contributed by atoms with Gasteiger partial charge in [-0.15, -0.1) is 0 Å². The van der Waals surface area contributed by atoms with Gasteiger partial charge in [0.15, 0.2) is 0 Å². The lowest BCUT2D eigenvalue weighted by molar-refractivity contribution is -0.133. The number of hydrogen-bond donors (Lipinski definition) is 0. The van der Waals surface area contributed by atoms with Gasteiger partial charge in [-0.2, -0.15) is 0 Å². The highest BCUT2D eigenvalue weighted by atomic mass is 16.2. The average Bonchev–Trinajstić information content (AvgIpc) is 3.44. The Bertz CT molecular complexity index is 663. The Labute approximate surface area is 137 Å². The molecule has 2 aliphatic rings. The van der Waals surface area contributed by atoms with Crippen LogP contribution in [0.4, 0.5) is 0 Å². The van der Waals surface area contributed by atoms with Crippen molar-refractivity contribution in [3.8, 4) is 0 Å². The zero-order valence-electron chi connectivity index (χ0n) is 13.3. The second kappa shape index (κ2) is 6.15. The summed E-state index contributed by atoms with van der Waals surface area (Å²) in [5.41, 5.74) is 2.68. The van der Waals surface area contributed by atoms with Crippen molar-refractivity contribution in [1.82, 2.24) is 9.88 Å². The number of amides is 1. The van der Waals surface area contributed by atoms with Crippen molar-refractivity contribution in [2.75, 3.05) is 13.1 Å². The van der Waals surface area contributed by atoms with Crippen LogP contribution in [-0.4, -0.2) is 28.9 Å². The summed E-state index contributed by atoms with van der Waals surface area (Å²) in [6.45, 7) is 1.79. The quantitative estimate of drug-likeness (QED) is 0.868. The average molecular weight is 306 g/mol. The summed E-state index contributed by atoms with van der Waals surface area (Å²) in [4.78, 5) is 18.9. The minimum atomic E-state index is 0.217. The van der Waals surface area contributed by atoms with E-state index in [9.17, 15) is 4.79 Å². The Morgan fingerprint density at radius 3 is 2.35 bits per heavy atom. The molecule has 2 atom stereocenters. The Kier molecular flexibility index (Phi) is 3.86.